The van der Waals surface area contributed by atoms with E-state index in [1.165, 1.54) is 51.6 Å². The molecule has 4 heteroatoms. The molecule has 2 fully saturated rings. The number of hydrogen-bond acceptors (Lipinski definition) is 2. The first-order valence-electron chi connectivity index (χ1n) is 9.84. The van der Waals surface area contributed by atoms with E-state index in [9.17, 15) is 4.79 Å². The summed E-state index contributed by atoms with van der Waals surface area (Å²) in [5.41, 5.74) is 1.98. The topological polar surface area (TPSA) is 23.6 Å². The van der Waals surface area contributed by atoms with Gasteiger partial charge in [0.25, 0.3) is 5.91 Å². The first-order valence-corrected chi connectivity index (χ1v) is 9.84. The molecule has 0 radical (unpaired) electrons. The molecule has 0 saturated carbocycles. The van der Waals surface area contributed by atoms with Gasteiger partial charge in [-0.1, -0.05) is 31.0 Å². The van der Waals surface area contributed by atoms with Crippen molar-refractivity contribution in [1.29, 1.82) is 0 Å². The van der Waals surface area contributed by atoms with Gasteiger partial charge in [0.1, 0.15) is 0 Å². The van der Waals surface area contributed by atoms with E-state index < -0.39 is 0 Å². The maximum Gasteiger partial charge on any atom is 0.254 e. The Morgan fingerprint density at radius 2 is 1.68 bits per heavy atom. The van der Waals surface area contributed by atoms with Crippen LogP contribution in [-0.4, -0.2) is 47.9 Å². The largest absolute Gasteiger partial charge is 0.336 e. The number of likely N-dealkylation sites (tertiary alicyclic amines) is 2. The number of nitrogens with zero attached hydrogens (tertiary/aromatic N) is 2. The molecule has 140 valence electrons. The number of benzene rings is 1. The van der Waals surface area contributed by atoms with Crippen LogP contribution in [0, 0.1) is 6.92 Å². The van der Waals surface area contributed by atoms with Crippen LogP contribution in [0.5, 0.6) is 0 Å². The smallest absolute Gasteiger partial charge is 0.254 e. The van der Waals surface area contributed by atoms with Gasteiger partial charge < -0.3 is 9.80 Å². The monoisotopic (exact) mass is 364 g/mol. The Morgan fingerprint density at radius 1 is 1.00 bits per heavy atom. The summed E-state index contributed by atoms with van der Waals surface area (Å²) in [4.78, 5) is 17.8. The van der Waals surface area contributed by atoms with Crippen LogP contribution in [0.3, 0.4) is 0 Å². The molecule has 2 aliphatic heterocycles. The van der Waals surface area contributed by atoms with Gasteiger partial charge in [0, 0.05) is 24.7 Å². The minimum absolute atomic E-state index is 0. The predicted octanol–water partition coefficient (Wildman–Crippen LogP) is 4.68. The van der Waals surface area contributed by atoms with Gasteiger partial charge in [0.05, 0.1) is 0 Å². The molecular weight excluding hydrogens is 332 g/mol. The zero-order valence-corrected chi connectivity index (χ0v) is 16.4. The quantitative estimate of drug-likeness (QED) is 0.774. The Labute approximate surface area is 159 Å². The Morgan fingerprint density at radius 3 is 2.40 bits per heavy atom. The first-order chi connectivity index (χ1) is 11.8. The fraction of sp³-hybridized carbons (Fsp3) is 0.667. The van der Waals surface area contributed by atoms with Crippen LogP contribution in [-0.2, 0) is 0 Å². The van der Waals surface area contributed by atoms with Crippen LogP contribution in [0.2, 0.25) is 0 Å². The fourth-order valence-electron chi connectivity index (χ4n) is 4.23. The highest BCUT2D eigenvalue weighted by atomic mass is 35.5. The maximum absolute atomic E-state index is 13.0. The lowest BCUT2D eigenvalue weighted by Gasteiger charge is -2.37. The summed E-state index contributed by atoms with van der Waals surface area (Å²) >= 11 is 0. The lowest BCUT2D eigenvalue weighted by molar-refractivity contribution is 0.0583. The van der Waals surface area contributed by atoms with Crippen LogP contribution in [0.4, 0.5) is 0 Å². The summed E-state index contributed by atoms with van der Waals surface area (Å²) in [7, 11) is 0. The third-order valence-corrected chi connectivity index (χ3v) is 5.74. The molecular formula is C21H33ClN2O. The molecule has 2 aliphatic rings. The summed E-state index contributed by atoms with van der Waals surface area (Å²) in [6.45, 7) is 6.63. The van der Waals surface area contributed by atoms with Crippen molar-refractivity contribution in [1.82, 2.24) is 9.80 Å². The van der Waals surface area contributed by atoms with Crippen molar-refractivity contribution in [2.75, 3.05) is 26.2 Å². The van der Waals surface area contributed by atoms with Crippen LogP contribution in [0.15, 0.2) is 24.3 Å². The molecule has 1 aromatic carbocycles. The third kappa shape index (κ3) is 5.46. The van der Waals surface area contributed by atoms with Crippen molar-refractivity contribution in [2.24, 2.45) is 0 Å². The average molecular weight is 365 g/mol. The first kappa shape index (κ1) is 20.3. The van der Waals surface area contributed by atoms with Gasteiger partial charge in [-0.3, -0.25) is 4.79 Å². The molecule has 1 amide bonds. The van der Waals surface area contributed by atoms with Gasteiger partial charge in [-0.15, -0.1) is 12.4 Å². The molecule has 1 aromatic rings. The van der Waals surface area contributed by atoms with Crippen molar-refractivity contribution in [3.63, 3.8) is 0 Å². The van der Waals surface area contributed by atoms with Gasteiger partial charge in [0.2, 0.25) is 0 Å². The predicted molar refractivity (Wildman–Crippen MR) is 107 cm³/mol. The number of piperidine rings is 1. The molecule has 0 aliphatic carbocycles. The van der Waals surface area contributed by atoms with Crippen LogP contribution < -0.4 is 0 Å². The summed E-state index contributed by atoms with van der Waals surface area (Å²) in [6.07, 6.45) is 10.2. The summed E-state index contributed by atoms with van der Waals surface area (Å²) in [6, 6.07) is 8.45. The Bertz CT molecular complexity index is 540. The molecule has 0 aromatic heterocycles. The number of amides is 1. The van der Waals surface area contributed by atoms with E-state index in [0.717, 1.165) is 37.1 Å². The van der Waals surface area contributed by atoms with Crippen molar-refractivity contribution < 1.29 is 4.79 Å². The number of hydrogen-bond donors (Lipinski definition) is 0. The van der Waals surface area contributed by atoms with E-state index in [0.29, 0.717) is 6.04 Å². The van der Waals surface area contributed by atoms with E-state index in [1.807, 2.05) is 31.2 Å². The Balaban J connectivity index is 0.00000225. The zero-order valence-electron chi connectivity index (χ0n) is 15.6. The molecule has 3 rings (SSSR count). The van der Waals surface area contributed by atoms with Crippen LogP contribution in [0.25, 0.3) is 0 Å². The standard InChI is InChI=1S/C21H32N2O.ClH/c1-18-10-4-5-12-20(18)21(24)23-16-9-6-11-19(23)13-17-22-14-7-2-3-8-15-22;/h4-5,10,12,19H,2-3,6-9,11,13-17H2,1H3;1H. The molecule has 1 unspecified atom stereocenters. The van der Waals surface area contributed by atoms with Crippen molar-refractivity contribution in [3.05, 3.63) is 35.4 Å². The van der Waals surface area contributed by atoms with Gasteiger partial charge in [-0.2, -0.15) is 0 Å². The molecule has 2 saturated heterocycles. The normalized spacial score (nSPS) is 22.1. The minimum Gasteiger partial charge on any atom is -0.336 e. The SMILES string of the molecule is Cc1ccccc1C(=O)N1CCCCC1CCN1CCCCCC1.Cl. The van der Waals surface area contributed by atoms with Gasteiger partial charge in [-0.05, 0) is 70.2 Å². The average Bonchev–Trinajstić information content (AvgIpc) is 2.89. The van der Waals surface area contributed by atoms with Crippen LogP contribution >= 0.6 is 12.4 Å². The minimum atomic E-state index is 0. The van der Waals surface area contributed by atoms with E-state index >= 15 is 0 Å². The summed E-state index contributed by atoms with van der Waals surface area (Å²) in [5, 5.41) is 0. The van der Waals surface area contributed by atoms with E-state index in [1.54, 1.807) is 0 Å². The number of carbonyl (C=O) groups is 1. The molecule has 1 atom stereocenters. The Hall–Kier alpha value is -1.06. The van der Waals surface area contributed by atoms with Crippen molar-refractivity contribution in [3.8, 4) is 0 Å². The molecule has 25 heavy (non-hydrogen) atoms. The summed E-state index contributed by atoms with van der Waals surface area (Å²) < 4.78 is 0. The maximum atomic E-state index is 13.0. The van der Waals surface area contributed by atoms with Gasteiger partial charge in [0.15, 0.2) is 0 Å². The molecule has 3 nitrogen and oxygen atoms in total. The van der Waals surface area contributed by atoms with Gasteiger partial charge in [-0.25, -0.2) is 0 Å². The second kappa shape index (κ2) is 10.2. The highest BCUT2D eigenvalue weighted by Gasteiger charge is 2.28. The summed E-state index contributed by atoms with van der Waals surface area (Å²) in [5.74, 6) is 0.244. The highest BCUT2D eigenvalue weighted by molar-refractivity contribution is 5.95. The molecule has 2 heterocycles. The third-order valence-electron chi connectivity index (χ3n) is 5.74. The lowest BCUT2D eigenvalue weighted by Crippen LogP contribution is -2.45. The molecule has 0 spiro atoms. The Kier molecular flexibility index (Phi) is 8.25. The van der Waals surface area contributed by atoms with Crippen molar-refractivity contribution in [2.45, 2.75) is 64.3 Å². The zero-order chi connectivity index (χ0) is 16.8. The number of aryl methyl sites for hydroxylation is 1. The number of carbonyl (C=O) groups excluding carboxylic acids is 1. The van der Waals surface area contributed by atoms with Gasteiger partial charge >= 0.3 is 0 Å². The number of halogens is 1. The van der Waals surface area contributed by atoms with E-state index in [4.69, 9.17) is 0 Å². The fourth-order valence-corrected chi connectivity index (χ4v) is 4.23. The van der Waals surface area contributed by atoms with Crippen molar-refractivity contribution >= 4 is 18.3 Å². The molecule has 0 bridgehead atoms. The lowest BCUT2D eigenvalue weighted by atomic mass is 9.97. The second-order valence-corrected chi connectivity index (χ2v) is 7.51. The van der Waals surface area contributed by atoms with Crippen LogP contribution in [0.1, 0.15) is 67.3 Å². The number of rotatable bonds is 4. The van der Waals surface area contributed by atoms with E-state index in [2.05, 4.69) is 9.80 Å². The second-order valence-electron chi connectivity index (χ2n) is 7.51. The van der Waals surface area contributed by atoms with E-state index in [-0.39, 0.29) is 18.3 Å². The molecule has 0 N–H and O–H groups in total. The highest BCUT2D eigenvalue weighted by Crippen LogP contribution is 2.24.